The predicted molar refractivity (Wildman–Crippen MR) is 73.0 cm³/mol. The summed E-state index contributed by atoms with van der Waals surface area (Å²) in [4.78, 5) is 28.3. The Bertz CT molecular complexity index is 745. The second-order valence-electron chi connectivity index (χ2n) is 4.72. The Morgan fingerprint density at radius 2 is 2.00 bits per heavy atom. The Balaban J connectivity index is 1.98. The monoisotopic (exact) mass is 286 g/mol. The molecule has 0 bridgehead atoms. The van der Waals surface area contributed by atoms with E-state index in [0.29, 0.717) is 18.7 Å². The lowest BCUT2D eigenvalue weighted by Crippen LogP contribution is -2.29. The van der Waals surface area contributed by atoms with Crippen LogP contribution in [0.25, 0.3) is 0 Å². The molecule has 0 radical (unpaired) electrons. The van der Waals surface area contributed by atoms with E-state index in [1.54, 1.807) is 6.07 Å². The molecule has 0 atom stereocenters. The van der Waals surface area contributed by atoms with Gasteiger partial charge in [0.1, 0.15) is 0 Å². The molecule has 1 aromatic heterocycles. The number of carboxylic acid groups (broad SMARTS) is 1. The van der Waals surface area contributed by atoms with Crippen molar-refractivity contribution in [2.75, 3.05) is 11.4 Å². The fourth-order valence-corrected chi connectivity index (χ4v) is 2.41. The highest BCUT2D eigenvalue weighted by Crippen LogP contribution is 2.30. The van der Waals surface area contributed by atoms with E-state index < -0.39 is 11.9 Å². The molecule has 0 fully saturated rings. The van der Waals surface area contributed by atoms with Crippen LogP contribution in [0.3, 0.4) is 0 Å². The topological polar surface area (TPSA) is 70.5 Å². The summed E-state index contributed by atoms with van der Waals surface area (Å²) in [5, 5.41) is 9.03. The summed E-state index contributed by atoms with van der Waals surface area (Å²) in [6, 6.07) is 7.20. The Morgan fingerprint density at radius 3 is 2.71 bits per heavy atom. The first-order valence-electron chi connectivity index (χ1n) is 6.36. The van der Waals surface area contributed by atoms with Gasteiger partial charge in [-0.1, -0.05) is 6.07 Å². The standard InChI is InChI=1S/C15H11FN2O3/c16-13-8-10(3-5-17-13)14(19)18-6-4-9-1-2-11(15(20)21)7-12(9)18/h1-3,5,7-8H,4,6H2,(H,20,21). The average molecular weight is 286 g/mol. The van der Waals surface area contributed by atoms with Crippen LogP contribution >= 0.6 is 0 Å². The van der Waals surface area contributed by atoms with Gasteiger partial charge >= 0.3 is 5.97 Å². The van der Waals surface area contributed by atoms with Crippen LogP contribution < -0.4 is 4.90 Å². The Morgan fingerprint density at radius 1 is 1.19 bits per heavy atom. The number of pyridine rings is 1. The highest BCUT2D eigenvalue weighted by Gasteiger charge is 2.26. The maximum atomic E-state index is 13.1. The van der Waals surface area contributed by atoms with E-state index in [1.807, 2.05) is 0 Å². The molecule has 2 aromatic rings. The van der Waals surface area contributed by atoms with Crippen LogP contribution in [0, 0.1) is 5.95 Å². The first kappa shape index (κ1) is 13.2. The molecule has 1 N–H and O–H groups in total. The summed E-state index contributed by atoms with van der Waals surface area (Å²) in [5.74, 6) is -2.13. The summed E-state index contributed by atoms with van der Waals surface area (Å²) in [6.45, 7) is 0.446. The number of anilines is 1. The quantitative estimate of drug-likeness (QED) is 0.858. The predicted octanol–water partition coefficient (Wildman–Crippen LogP) is 2.12. The van der Waals surface area contributed by atoms with Crippen molar-refractivity contribution in [1.29, 1.82) is 0 Å². The number of amides is 1. The molecular weight excluding hydrogens is 275 g/mol. The van der Waals surface area contributed by atoms with E-state index in [2.05, 4.69) is 4.98 Å². The molecule has 21 heavy (non-hydrogen) atoms. The molecule has 6 heteroatoms. The van der Waals surface area contributed by atoms with Crippen LogP contribution in [0.15, 0.2) is 36.5 Å². The van der Waals surface area contributed by atoms with E-state index >= 15 is 0 Å². The molecule has 1 aliphatic heterocycles. The Hall–Kier alpha value is -2.76. The number of carbonyl (C=O) groups excluding carboxylic acids is 1. The molecule has 0 saturated carbocycles. The number of hydrogen-bond acceptors (Lipinski definition) is 3. The van der Waals surface area contributed by atoms with Crippen molar-refractivity contribution in [2.24, 2.45) is 0 Å². The molecule has 1 aromatic carbocycles. The number of hydrogen-bond donors (Lipinski definition) is 1. The molecule has 1 aliphatic rings. The smallest absolute Gasteiger partial charge is 0.335 e. The van der Waals surface area contributed by atoms with E-state index in [1.165, 1.54) is 29.3 Å². The normalized spacial score (nSPS) is 13.1. The van der Waals surface area contributed by atoms with Crippen molar-refractivity contribution < 1.29 is 19.1 Å². The Kier molecular flexibility index (Phi) is 3.13. The number of carbonyl (C=O) groups is 2. The van der Waals surface area contributed by atoms with Crippen molar-refractivity contribution in [3.63, 3.8) is 0 Å². The highest BCUT2D eigenvalue weighted by molar-refractivity contribution is 6.07. The third-order valence-corrected chi connectivity index (χ3v) is 3.45. The van der Waals surface area contributed by atoms with Crippen molar-refractivity contribution in [3.05, 3.63) is 59.2 Å². The van der Waals surface area contributed by atoms with Gasteiger partial charge in [-0.05, 0) is 30.2 Å². The molecule has 0 saturated heterocycles. The van der Waals surface area contributed by atoms with Gasteiger partial charge in [-0.15, -0.1) is 0 Å². The molecule has 1 amide bonds. The number of rotatable bonds is 2. The van der Waals surface area contributed by atoms with Crippen molar-refractivity contribution in [1.82, 2.24) is 4.98 Å². The van der Waals surface area contributed by atoms with Crippen molar-refractivity contribution >= 4 is 17.6 Å². The summed E-state index contributed by atoms with van der Waals surface area (Å²) in [5.41, 5.74) is 1.78. The van der Waals surface area contributed by atoms with Crippen LogP contribution in [-0.4, -0.2) is 28.5 Å². The van der Waals surface area contributed by atoms with Gasteiger partial charge in [-0.3, -0.25) is 4.79 Å². The number of fused-ring (bicyclic) bond motifs is 1. The maximum Gasteiger partial charge on any atom is 0.335 e. The number of nitrogens with zero attached hydrogens (tertiary/aromatic N) is 2. The average Bonchev–Trinajstić information content (AvgIpc) is 2.89. The summed E-state index contributed by atoms with van der Waals surface area (Å²) < 4.78 is 13.1. The minimum atomic E-state index is -1.05. The Labute approximate surface area is 119 Å². The van der Waals surface area contributed by atoms with Gasteiger partial charge in [0.15, 0.2) is 0 Å². The van der Waals surface area contributed by atoms with Gasteiger partial charge in [0.2, 0.25) is 5.95 Å². The zero-order valence-corrected chi connectivity index (χ0v) is 10.9. The number of carboxylic acids is 1. The van der Waals surface area contributed by atoms with Crippen LogP contribution in [0.1, 0.15) is 26.3 Å². The van der Waals surface area contributed by atoms with E-state index in [-0.39, 0.29) is 17.0 Å². The molecule has 3 rings (SSSR count). The summed E-state index contributed by atoms with van der Waals surface area (Å²) in [7, 11) is 0. The van der Waals surface area contributed by atoms with Gasteiger partial charge in [-0.25, -0.2) is 9.78 Å². The molecule has 106 valence electrons. The molecule has 2 heterocycles. The second-order valence-corrected chi connectivity index (χ2v) is 4.72. The fourth-order valence-electron chi connectivity index (χ4n) is 2.41. The minimum Gasteiger partial charge on any atom is -0.478 e. The molecule has 0 unspecified atom stereocenters. The van der Waals surface area contributed by atoms with Crippen molar-refractivity contribution in [2.45, 2.75) is 6.42 Å². The third-order valence-electron chi connectivity index (χ3n) is 3.45. The molecule has 0 spiro atoms. The fraction of sp³-hybridized carbons (Fsp3) is 0.133. The lowest BCUT2D eigenvalue weighted by Gasteiger charge is -2.17. The van der Waals surface area contributed by atoms with E-state index in [9.17, 15) is 14.0 Å². The third kappa shape index (κ3) is 2.35. The summed E-state index contributed by atoms with van der Waals surface area (Å²) >= 11 is 0. The number of aromatic nitrogens is 1. The number of halogens is 1. The van der Waals surface area contributed by atoms with Crippen LogP contribution in [0.2, 0.25) is 0 Å². The van der Waals surface area contributed by atoms with Gasteiger partial charge in [-0.2, -0.15) is 4.39 Å². The van der Waals surface area contributed by atoms with Crippen molar-refractivity contribution in [3.8, 4) is 0 Å². The van der Waals surface area contributed by atoms with E-state index in [4.69, 9.17) is 5.11 Å². The zero-order chi connectivity index (χ0) is 15.0. The minimum absolute atomic E-state index is 0.120. The summed E-state index contributed by atoms with van der Waals surface area (Å²) in [6.07, 6.45) is 1.88. The van der Waals surface area contributed by atoms with Crippen LogP contribution in [0.4, 0.5) is 10.1 Å². The van der Waals surface area contributed by atoms with Gasteiger partial charge < -0.3 is 10.0 Å². The highest BCUT2D eigenvalue weighted by atomic mass is 19.1. The van der Waals surface area contributed by atoms with E-state index in [0.717, 1.165) is 11.6 Å². The number of aromatic carboxylic acids is 1. The lowest BCUT2D eigenvalue weighted by atomic mass is 10.1. The molecule has 0 aliphatic carbocycles. The van der Waals surface area contributed by atoms with Gasteiger partial charge in [0.25, 0.3) is 5.91 Å². The lowest BCUT2D eigenvalue weighted by molar-refractivity contribution is 0.0696. The SMILES string of the molecule is O=C(O)c1ccc2c(c1)N(C(=O)c1ccnc(F)c1)CC2. The first-order chi connectivity index (χ1) is 10.1. The molecular formula is C15H11FN2O3. The van der Waals surface area contributed by atoms with Gasteiger partial charge in [0.05, 0.1) is 5.56 Å². The second kappa shape index (κ2) is 4.97. The van der Waals surface area contributed by atoms with Crippen LogP contribution in [0.5, 0.6) is 0 Å². The van der Waals surface area contributed by atoms with Gasteiger partial charge in [0, 0.05) is 30.1 Å². The molecule has 5 nitrogen and oxygen atoms in total. The van der Waals surface area contributed by atoms with Crippen LogP contribution in [-0.2, 0) is 6.42 Å². The number of benzene rings is 1. The maximum absolute atomic E-state index is 13.1. The zero-order valence-electron chi connectivity index (χ0n) is 10.9. The largest absolute Gasteiger partial charge is 0.478 e. The first-order valence-corrected chi connectivity index (χ1v) is 6.36.